The molecule has 0 amide bonds. The normalized spacial score (nSPS) is 10.5. The van der Waals surface area contributed by atoms with Crippen LogP contribution < -0.4 is 0 Å². The topological polar surface area (TPSA) is 25.8 Å². The van der Waals surface area contributed by atoms with Gasteiger partial charge >= 0.3 is 0 Å². The zero-order valence-corrected chi connectivity index (χ0v) is 9.72. The predicted molar refractivity (Wildman–Crippen MR) is 61.9 cm³/mol. The lowest BCUT2D eigenvalue weighted by molar-refractivity contribution is 0.628. The number of benzene rings is 1. The van der Waals surface area contributed by atoms with E-state index in [4.69, 9.17) is 11.6 Å². The third-order valence-corrected chi connectivity index (χ3v) is 2.65. The molecule has 0 atom stereocenters. The van der Waals surface area contributed by atoms with Crippen LogP contribution in [0.5, 0.6) is 0 Å². The van der Waals surface area contributed by atoms with Gasteiger partial charge in [0.1, 0.15) is 11.5 Å². The highest BCUT2D eigenvalue weighted by molar-refractivity contribution is 6.31. The highest BCUT2D eigenvalue weighted by Crippen LogP contribution is 2.25. The summed E-state index contributed by atoms with van der Waals surface area (Å²) in [6.45, 7) is 3.72. The first-order valence-electron chi connectivity index (χ1n) is 4.84. The fraction of sp³-hybridized carbons (Fsp3) is 0.167. The zero-order valence-electron chi connectivity index (χ0n) is 8.96. The highest BCUT2D eigenvalue weighted by atomic mass is 35.5. The van der Waals surface area contributed by atoms with Crippen molar-refractivity contribution in [1.82, 2.24) is 9.97 Å². The molecule has 0 aliphatic rings. The van der Waals surface area contributed by atoms with Gasteiger partial charge in [0.25, 0.3) is 0 Å². The fourth-order valence-electron chi connectivity index (χ4n) is 1.37. The van der Waals surface area contributed by atoms with Gasteiger partial charge in [-0.3, -0.25) is 0 Å². The molecule has 0 bridgehead atoms. The SMILES string of the molecule is Cc1nc(Cl)c(-c2ccc(F)cc2)nc1C. The Morgan fingerprint density at radius 1 is 1.00 bits per heavy atom. The number of aromatic nitrogens is 2. The fourth-order valence-corrected chi connectivity index (χ4v) is 1.65. The largest absolute Gasteiger partial charge is 0.248 e. The van der Waals surface area contributed by atoms with Gasteiger partial charge in [-0.2, -0.15) is 0 Å². The standard InChI is InChI=1S/C12H10ClFN2/c1-7-8(2)16-12(13)11(15-7)9-3-5-10(14)6-4-9/h3-6H,1-2H3. The minimum absolute atomic E-state index is 0.281. The third kappa shape index (κ3) is 2.04. The molecular formula is C12H10ClFN2. The second-order valence-electron chi connectivity index (χ2n) is 3.54. The highest BCUT2D eigenvalue weighted by Gasteiger charge is 2.09. The molecule has 16 heavy (non-hydrogen) atoms. The van der Waals surface area contributed by atoms with E-state index in [2.05, 4.69) is 9.97 Å². The summed E-state index contributed by atoms with van der Waals surface area (Å²) in [5, 5.41) is 0.342. The first kappa shape index (κ1) is 11.0. The van der Waals surface area contributed by atoms with Gasteiger partial charge in [0, 0.05) is 5.56 Å². The molecule has 2 aromatic rings. The van der Waals surface area contributed by atoms with Crippen LogP contribution in [0.2, 0.25) is 5.15 Å². The Hall–Kier alpha value is -1.48. The minimum atomic E-state index is -0.281. The Kier molecular flexibility index (Phi) is 2.88. The summed E-state index contributed by atoms with van der Waals surface area (Å²) in [6.07, 6.45) is 0. The number of rotatable bonds is 1. The van der Waals surface area contributed by atoms with Crippen molar-refractivity contribution in [1.29, 1.82) is 0 Å². The van der Waals surface area contributed by atoms with E-state index in [1.807, 2.05) is 13.8 Å². The molecule has 0 saturated carbocycles. The molecule has 1 aromatic carbocycles. The number of hydrogen-bond donors (Lipinski definition) is 0. The second kappa shape index (κ2) is 4.18. The van der Waals surface area contributed by atoms with Crippen LogP contribution in [-0.2, 0) is 0 Å². The van der Waals surface area contributed by atoms with Crippen molar-refractivity contribution in [2.75, 3.05) is 0 Å². The Morgan fingerprint density at radius 2 is 1.56 bits per heavy atom. The summed E-state index contributed by atoms with van der Waals surface area (Å²) in [5.74, 6) is -0.281. The first-order chi connectivity index (χ1) is 7.58. The van der Waals surface area contributed by atoms with Gasteiger partial charge in [0.15, 0.2) is 5.15 Å². The first-order valence-corrected chi connectivity index (χ1v) is 5.22. The van der Waals surface area contributed by atoms with Gasteiger partial charge in [-0.05, 0) is 38.1 Å². The number of hydrogen-bond acceptors (Lipinski definition) is 2. The summed E-state index contributed by atoms with van der Waals surface area (Å²) in [4.78, 5) is 8.54. The minimum Gasteiger partial charge on any atom is -0.248 e. The van der Waals surface area contributed by atoms with Crippen LogP contribution in [0.25, 0.3) is 11.3 Å². The van der Waals surface area contributed by atoms with E-state index in [0.29, 0.717) is 10.8 Å². The summed E-state index contributed by atoms with van der Waals surface area (Å²) in [6, 6.07) is 6.03. The average molecular weight is 237 g/mol. The summed E-state index contributed by atoms with van der Waals surface area (Å²) >= 11 is 6.01. The second-order valence-corrected chi connectivity index (χ2v) is 3.90. The molecule has 0 aliphatic heterocycles. The Balaban J connectivity index is 2.56. The van der Waals surface area contributed by atoms with E-state index in [0.717, 1.165) is 17.0 Å². The maximum Gasteiger partial charge on any atom is 0.155 e. The number of nitrogens with zero attached hydrogens (tertiary/aromatic N) is 2. The Labute approximate surface area is 98.1 Å². The zero-order chi connectivity index (χ0) is 11.7. The maximum atomic E-state index is 12.8. The molecule has 4 heteroatoms. The van der Waals surface area contributed by atoms with Gasteiger partial charge in [-0.25, -0.2) is 14.4 Å². The molecule has 82 valence electrons. The van der Waals surface area contributed by atoms with Crippen LogP contribution in [-0.4, -0.2) is 9.97 Å². The maximum absolute atomic E-state index is 12.8. The quantitative estimate of drug-likeness (QED) is 0.757. The molecule has 1 heterocycles. The molecule has 0 fully saturated rings. The lowest BCUT2D eigenvalue weighted by Gasteiger charge is -2.06. The molecule has 0 unspecified atom stereocenters. The Bertz CT molecular complexity index is 523. The lowest BCUT2D eigenvalue weighted by Crippen LogP contribution is -1.96. The average Bonchev–Trinajstić information content (AvgIpc) is 2.25. The summed E-state index contributed by atoms with van der Waals surface area (Å²) < 4.78 is 12.8. The van der Waals surface area contributed by atoms with Crippen LogP contribution in [0, 0.1) is 19.7 Å². The van der Waals surface area contributed by atoms with Crippen molar-refractivity contribution in [2.45, 2.75) is 13.8 Å². The van der Waals surface area contributed by atoms with Crippen LogP contribution in [0.1, 0.15) is 11.4 Å². The third-order valence-electron chi connectivity index (χ3n) is 2.38. The van der Waals surface area contributed by atoms with Crippen molar-refractivity contribution in [3.8, 4) is 11.3 Å². The summed E-state index contributed by atoms with van der Waals surface area (Å²) in [5.41, 5.74) is 2.98. The Morgan fingerprint density at radius 3 is 2.19 bits per heavy atom. The molecule has 0 radical (unpaired) electrons. The van der Waals surface area contributed by atoms with Gasteiger partial charge in [0.05, 0.1) is 11.4 Å². The molecule has 0 aliphatic carbocycles. The molecule has 0 saturated heterocycles. The van der Waals surface area contributed by atoms with Crippen LogP contribution in [0.4, 0.5) is 4.39 Å². The lowest BCUT2D eigenvalue weighted by atomic mass is 10.1. The van der Waals surface area contributed by atoms with Gasteiger partial charge < -0.3 is 0 Å². The van der Waals surface area contributed by atoms with Crippen LogP contribution >= 0.6 is 11.6 Å². The van der Waals surface area contributed by atoms with E-state index in [9.17, 15) is 4.39 Å². The molecule has 1 aromatic heterocycles. The molecule has 2 nitrogen and oxygen atoms in total. The van der Waals surface area contributed by atoms with Gasteiger partial charge in [-0.15, -0.1) is 0 Å². The molecule has 2 rings (SSSR count). The van der Waals surface area contributed by atoms with Crippen molar-refractivity contribution < 1.29 is 4.39 Å². The van der Waals surface area contributed by atoms with Gasteiger partial charge in [-0.1, -0.05) is 11.6 Å². The smallest absolute Gasteiger partial charge is 0.155 e. The number of aryl methyl sites for hydroxylation is 2. The molecule has 0 N–H and O–H groups in total. The summed E-state index contributed by atoms with van der Waals surface area (Å²) in [7, 11) is 0. The van der Waals surface area contributed by atoms with Crippen molar-refractivity contribution in [3.63, 3.8) is 0 Å². The van der Waals surface area contributed by atoms with Crippen molar-refractivity contribution in [2.24, 2.45) is 0 Å². The van der Waals surface area contributed by atoms with E-state index in [1.54, 1.807) is 12.1 Å². The van der Waals surface area contributed by atoms with Crippen LogP contribution in [0.3, 0.4) is 0 Å². The van der Waals surface area contributed by atoms with Crippen molar-refractivity contribution in [3.05, 3.63) is 46.6 Å². The predicted octanol–water partition coefficient (Wildman–Crippen LogP) is 3.55. The molecular weight excluding hydrogens is 227 g/mol. The monoisotopic (exact) mass is 236 g/mol. The van der Waals surface area contributed by atoms with E-state index in [-0.39, 0.29) is 5.82 Å². The molecule has 0 spiro atoms. The number of halogens is 2. The van der Waals surface area contributed by atoms with E-state index in [1.165, 1.54) is 12.1 Å². The van der Waals surface area contributed by atoms with E-state index >= 15 is 0 Å². The van der Waals surface area contributed by atoms with Crippen LogP contribution in [0.15, 0.2) is 24.3 Å². The van der Waals surface area contributed by atoms with Crippen molar-refractivity contribution >= 4 is 11.6 Å². The van der Waals surface area contributed by atoms with Gasteiger partial charge in [0.2, 0.25) is 0 Å². The van der Waals surface area contributed by atoms with E-state index < -0.39 is 0 Å².